The maximum absolute atomic E-state index is 13.7. The van der Waals surface area contributed by atoms with Crippen LogP contribution in [0.1, 0.15) is 31.9 Å². The highest BCUT2D eigenvalue weighted by molar-refractivity contribution is 7.80. The maximum atomic E-state index is 13.7. The van der Waals surface area contributed by atoms with Crippen LogP contribution in [0.4, 0.5) is 14.5 Å². The lowest BCUT2D eigenvalue weighted by atomic mass is 9.97. The summed E-state index contributed by atoms with van der Waals surface area (Å²) in [4.78, 5) is 0. The zero-order valence-corrected chi connectivity index (χ0v) is 14.0. The van der Waals surface area contributed by atoms with E-state index in [1.165, 1.54) is 18.2 Å². The van der Waals surface area contributed by atoms with Crippen molar-refractivity contribution in [2.75, 3.05) is 5.32 Å². The number of rotatable bonds is 5. The fourth-order valence-electron chi connectivity index (χ4n) is 2.36. The van der Waals surface area contributed by atoms with Crippen LogP contribution in [0.2, 0.25) is 0 Å². The Kier molecular flexibility index (Phi) is 6.04. The number of para-hydroxylation sites is 1. The first-order valence-electron chi connectivity index (χ1n) is 7.54. The highest BCUT2D eigenvalue weighted by atomic mass is 32.1. The lowest BCUT2D eigenvalue weighted by Crippen LogP contribution is -2.33. The molecule has 0 bridgehead atoms. The molecular weight excluding hydrogens is 314 g/mol. The summed E-state index contributed by atoms with van der Waals surface area (Å²) in [6.07, 6.45) is 0.853. The third-order valence-corrected chi connectivity index (χ3v) is 3.64. The van der Waals surface area contributed by atoms with Gasteiger partial charge < -0.3 is 10.6 Å². The van der Waals surface area contributed by atoms with E-state index >= 15 is 0 Å². The molecule has 2 N–H and O–H groups in total. The normalized spacial score (nSPS) is 12.0. The van der Waals surface area contributed by atoms with Crippen LogP contribution in [-0.2, 0) is 0 Å². The van der Waals surface area contributed by atoms with E-state index in [0.717, 1.165) is 12.0 Å². The van der Waals surface area contributed by atoms with E-state index in [1.54, 1.807) is 0 Å². The topological polar surface area (TPSA) is 24.1 Å². The summed E-state index contributed by atoms with van der Waals surface area (Å²) < 4.78 is 27.4. The van der Waals surface area contributed by atoms with Crippen molar-refractivity contribution < 1.29 is 8.78 Å². The van der Waals surface area contributed by atoms with Crippen molar-refractivity contribution in [2.24, 2.45) is 5.92 Å². The number of benzene rings is 2. The van der Waals surface area contributed by atoms with Crippen LogP contribution in [0, 0.1) is 17.6 Å². The van der Waals surface area contributed by atoms with E-state index in [-0.39, 0.29) is 16.8 Å². The van der Waals surface area contributed by atoms with Gasteiger partial charge in [-0.2, -0.15) is 0 Å². The van der Waals surface area contributed by atoms with Gasteiger partial charge in [0.15, 0.2) is 5.11 Å². The predicted molar refractivity (Wildman–Crippen MR) is 94.4 cm³/mol. The lowest BCUT2D eigenvalue weighted by Gasteiger charge is -2.23. The maximum Gasteiger partial charge on any atom is 0.171 e. The van der Waals surface area contributed by atoms with Gasteiger partial charge >= 0.3 is 0 Å². The summed E-state index contributed by atoms with van der Waals surface area (Å²) in [5.74, 6) is -0.899. The Bertz CT molecular complexity index is 639. The Labute approximate surface area is 140 Å². The first-order chi connectivity index (χ1) is 11.0. The molecule has 2 aromatic carbocycles. The molecule has 0 saturated heterocycles. The van der Waals surface area contributed by atoms with Gasteiger partial charge in [-0.25, -0.2) is 8.78 Å². The van der Waals surface area contributed by atoms with Gasteiger partial charge in [0.1, 0.15) is 17.3 Å². The summed E-state index contributed by atoms with van der Waals surface area (Å²) >= 11 is 5.23. The second kappa shape index (κ2) is 8.02. The highest BCUT2D eigenvalue weighted by Crippen LogP contribution is 2.22. The Morgan fingerprint density at radius 2 is 1.61 bits per heavy atom. The Balaban J connectivity index is 2.12. The van der Waals surface area contributed by atoms with Crippen molar-refractivity contribution in [1.82, 2.24) is 5.32 Å². The van der Waals surface area contributed by atoms with Crippen LogP contribution in [0.15, 0.2) is 48.5 Å². The third-order valence-electron chi connectivity index (χ3n) is 3.42. The second-order valence-corrected chi connectivity index (χ2v) is 6.20. The number of halogens is 2. The quantitative estimate of drug-likeness (QED) is 0.749. The predicted octanol–water partition coefficient (Wildman–Crippen LogP) is 5.04. The van der Waals surface area contributed by atoms with Crippen LogP contribution in [0.5, 0.6) is 0 Å². The van der Waals surface area contributed by atoms with Crippen molar-refractivity contribution in [3.63, 3.8) is 0 Å². The highest BCUT2D eigenvalue weighted by Gasteiger charge is 2.16. The Hall–Kier alpha value is -2.01. The Morgan fingerprint density at radius 1 is 1.00 bits per heavy atom. The molecule has 5 heteroatoms. The fourth-order valence-corrected chi connectivity index (χ4v) is 2.60. The molecule has 0 aliphatic heterocycles. The van der Waals surface area contributed by atoms with Gasteiger partial charge in [0.2, 0.25) is 0 Å². The van der Waals surface area contributed by atoms with Crippen LogP contribution >= 0.6 is 12.2 Å². The van der Waals surface area contributed by atoms with E-state index in [1.807, 2.05) is 30.3 Å². The molecule has 2 rings (SSSR count). The van der Waals surface area contributed by atoms with Crippen molar-refractivity contribution in [2.45, 2.75) is 26.3 Å². The molecule has 0 aliphatic rings. The zero-order valence-electron chi connectivity index (χ0n) is 13.1. The molecule has 23 heavy (non-hydrogen) atoms. The first-order valence-corrected chi connectivity index (χ1v) is 7.94. The number of anilines is 1. The molecule has 122 valence electrons. The minimum absolute atomic E-state index is 0.0222. The smallest absolute Gasteiger partial charge is 0.171 e. The summed E-state index contributed by atoms with van der Waals surface area (Å²) in [6, 6.07) is 13.5. The van der Waals surface area contributed by atoms with Gasteiger partial charge in [-0.1, -0.05) is 50.2 Å². The van der Waals surface area contributed by atoms with E-state index in [9.17, 15) is 8.78 Å². The number of hydrogen-bond acceptors (Lipinski definition) is 1. The molecule has 1 atom stereocenters. The summed E-state index contributed by atoms with van der Waals surface area (Å²) in [5, 5.41) is 5.97. The van der Waals surface area contributed by atoms with Gasteiger partial charge in [-0.3, -0.25) is 0 Å². The molecule has 2 nitrogen and oxygen atoms in total. The molecule has 0 aliphatic carbocycles. The number of nitrogens with one attached hydrogen (secondary N) is 2. The molecule has 1 unspecified atom stereocenters. The van der Waals surface area contributed by atoms with Crippen LogP contribution in [0.25, 0.3) is 0 Å². The average Bonchev–Trinajstić information content (AvgIpc) is 2.51. The molecule has 0 spiro atoms. The molecule has 0 aromatic heterocycles. The minimum Gasteiger partial charge on any atom is -0.356 e. The first kappa shape index (κ1) is 17.3. The van der Waals surface area contributed by atoms with Gasteiger partial charge in [0, 0.05) is 0 Å². The van der Waals surface area contributed by atoms with E-state index in [0.29, 0.717) is 5.92 Å². The van der Waals surface area contributed by atoms with Crippen LogP contribution in [-0.4, -0.2) is 5.11 Å². The van der Waals surface area contributed by atoms with Crippen LogP contribution in [0.3, 0.4) is 0 Å². The van der Waals surface area contributed by atoms with Gasteiger partial charge in [-0.15, -0.1) is 0 Å². The summed E-state index contributed by atoms with van der Waals surface area (Å²) in [6.45, 7) is 4.23. The van der Waals surface area contributed by atoms with Gasteiger partial charge in [0.25, 0.3) is 0 Å². The molecule has 0 heterocycles. The lowest BCUT2D eigenvalue weighted by molar-refractivity contribution is 0.480. The third kappa shape index (κ3) is 4.99. The molecular formula is C18H20F2N2S. The fraction of sp³-hybridized carbons (Fsp3) is 0.278. The molecule has 2 aromatic rings. The molecule has 0 radical (unpaired) electrons. The largest absolute Gasteiger partial charge is 0.356 e. The number of thiocarbonyl (C=S) groups is 1. The van der Waals surface area contributed by atoms with Gasteiger partial charge in [0.05, 0.1) is 6.04 Å². The van der Waals surface area contributed by atoms with Crippen molar-refractivity contribution in [3.05, 3.63) is 65.7 Å². The van der Waals surface area contributed by atoms with Crippen molar-refractivity contribution in [3.8, 4) is 0 Å². The second-order valence-electron chi connectivity index (χ2n) is 5.79. The van der Waals surface area contributed by atoms with E-state index < -0.39 is 11.6 Å². The van der Waals surface area contributed by atoms with Gasteiger partial charge in [-0.05, 0) is 42.3 Å². The molecule has 0 saturated carbocycles. The number of hydrogen-bond donors (Lipinski definition) is 2. The minimum atomic E-state index is -0.672. The monoisotopic (exact) mass is 334 g/mol. The Morgan fingerprint density at radius 3 is 2.17 bits per heavy atom. The van der Waals surface area contributed by atoms with Crippen molar-refractivity contribution >= 4 is 23.0 Å². The molecule has 0 fully saturated rings. The summed E-state index contributed by atoms with van der Waals surface area (Å²) in [5.41, 5.74) is 0.848. The average molecular weight is 334 g/mol. The van der Waals surface area contributed by atoms with E-state index in [4.69, 9.17) is 12.2 Å². The van der Waals surface area contributed by atoms with Crippen LogP contribution < -0.4 is 10.6 Å². The SMILES string of the molecule is CC(C)CC(NC(=S)Nc1c(F)cccc1F)c1ccccc1. The standard InChI is InChI=1S/C18H20F2N2S/c1-12(2)11-16(13-7-4-3-5-8-13)21-18(23)22-17-14(19)9-6-10-15(17)20/h3-10,12,16H,11H2,1-2H3,(H2,21,22,23). The van der Waals surface area contributed by atoms with E-state index in [2.05, 4.69) is 24.5 Å². The molecule has 0 amide bonds. The summed E-state index contributed by atoms with van der Waals surface area (Å²) in [7, 11) is 0. The van der Waals surface area contributed by atoms with Crippen molar-refractivity contribution in [1.29, 1.82) is 0 Å². The zero-order chi connectivity index (χ0) is 16.8.